The Morgan fingerprint density at radius 1 is 0.449 bits per heavy atom. The van der Waals surface area contributed by atoms with Crippen LogP contribution in [0.4, 0.5) is 17.1 Å². The number of thiophene rings is 1. The second kappa shape index (κ2) is 11.2. The molecule has 49 heavy (non-hydrogen) atoms. The van der Waals surface area contributed by atoms with E-state index in [1.54, 1.807) is 0 Å². The molecule has 0 amide bonds. The normalized spacial score (nSPS) is 11.7. The maximum Gasteiger partial charge on any atom is 0.227 e. The van der Waals surface area contributed by atoms with Crippen molar-refractivity contribution in [3.8, 4) is 22.6 Å². The Bertz CT molecular complexity index is 2840. The molecule has 0 unspecified atom stereocenters. The van der Waals surface area contributed by atoms with Crippen LogP contribution in [0.3, 0.4) is 0 Å². The Morgan fingerprint density at radius 3 is 1.98 bits per heavy atom. The summed E-state index contributed by atoms with van der Waals surface area (Å²) in [5.41, 5.74) is 8.28. The smallest absolute Gasteiger partial charge is 0.227 e. The first-order valence-corrected chi connectivity index (χ1v) is 17.3. The highest BCUT2D eigenvalue weighted by molar-refractivity contribution is 7.25. The molecular weight excluding hydrogens is 617 g/mol. The van der Waals surface area contributed by atoms with Gasteiger partial charge in [-0.1, -0.05) is 109 Å². The van der Waals surface area contributed by atoms with E-state index in [0.717, 1.165) is 55.3 Å². The lowest BCUT2D eigenvalue weighted by atomic mass is 9.99. The second-order valence-electron chi connectivity index (χ2n) is 12.4. The molecule has 230 valence electrons. The SMILES string of the molecule is c1ccc(-c2cccc(N(c3ccc4c(c3)sc3ccccc34)c3ccc4ccc5ccc6nc(-c7ccccc7)oc6c5c4c3)c2)cc1. The molecule has 0 atom stereocenters. The molecule has 10 aromatic rings. The summed E-state index contributed by atoms with van der Waals surface area (Å²) < 4.78 is 9.13. The quantitative estimate of drug-likeness (QED) is 0.175. The number of hydrogen-bond acceptors (Lipinski definition) is 4. The highest BCUT2D eigenvalue weighted by Gasteiger charge is 2.18. The van der Waals surface area contributed by atoms with E-state index in [4.69, 9.17) is 9.40 Å². The first-order valence-electron chi connectivity index (χ1n) is 16.5. The molecule has 0 saturated heterocycles. The summed E-state index contributed by atoms with van der Waals surface area (Å²) in [7, 11) is 0. The molecule has 10 rings (SSSR count). The summed E-state index contributed by atoms with van der Waals surface area (Å²) in [6.45, 7) is 0. The molecular formula is C45H28N2OS. The van der Waals surface area contributed by atoms with Crippen molar-refractivity contribution in [2.24, 2.45) is 0 Å². The molecule has 8 aromatic carbocycles. The van der Waals surface area contributed by atoms with Gasteiger partial charge >= 0.3 is 0 Å². The fourth-order valence-corrected chi connectivity index (χ4v) is 8.25. The Hall–Kier alpha value is -6.23. The molecule has 0 N–H and O–H groups in total. The maximum atomic E-state index is 6.56. The second-order valence-corrected chi connectivity index (χ2v) is 13.5. The van der Waals surface area contributed by atoms with Crippen LogP contribution in [0.1, 0.15) is 0 Å². The van der Waals surface area contributed by atoms with Gasteiger partial charge in [0.2, 0.25) is 5.89 Å². The van der Waals surface area contributed by atoms with Crippen LogP contribution in [0.2, 0.25) is 0 Å². The number of fused-ring (bicyclic) bond motifs is 8. The lowest BCUT2D eigenvalue weighted by Gasteiger charge is -2.26. The van der Waals surface area contributed by atoms with Crippen molar-refractivity contribution in [3.05, 3.63) is 170 Å². The van der Waals surface area contributed by atoms with Crippen molar-refractivity contribution < 1.29 is 4.42 Å². The minimum absolute atomic E-state index is 0.632. The number of rotatable bonds is 5. The number of benzene rings is 8. The summed E-state index contributed by atoms with van der Waals surface area (Å²) in [5, 5.41) is 7.06. The summed E-state index contributed by atoms with van der Waals surface area (Å²) in [5.74, 6) is 0.632. The molecule has 3 nitrogen and oxygen atoms in total. The molecule has 0 aliphatic rings. The summed E-state index contributed by atoms with van der Waals surface area (Å²) in [4.78, 5) is 7.28. The standard InChI is InChI=1S/C45H28N2OS/c1-3-10-29(11-4-1)33-14-9-15-34(26-33)47(36-23-24-38-37-16-7-8-17-41(37)49-42(38)28-36)35-22-20-30-18-19-31-21-25-40-44(43(31)39(30)27-35)48-45(46-40)32-12-5-2-6-13-32/h1-28H. The number of nitrogens with zero attached hydrogens (tertiary/aromatic N) is 2. The van der Waals surface area contributed by atoms with E-state index in [9.17, 15) is 0 Å². The van der Waals surface area contributed by atoms with Gasteiger partial charge in [0.1, 0.15) is 5.52 Å². The van der Waals surface area contributed by atoms with Crippen LogP contribution in [0.5, 0.6) is 0 Å². The first kappa shape index (κ1) is 27.8. The van der Waals surface area contributed by atoms with Crippen LogP contribution >= 0.6 is 11.3 Å². The molecule has 0 radical (unpaired) electrons. The Labute approximate surface area is 286 Å². The molecule has 0 fully saturated rings. The van der Waals surface area contributed by atoms with E-state index < -0.39 is 0 Å². The molecule has 0 saturated carbocycles. The largest absolute Gasteiger partial charge is 0.435 e. The minimum Gasteiger partial charge on any atom is -0.435 e. The molecule has 2 heterocycles. The average Bonchev–Trinajstić information content (AvgIpc) is 3.77. The van der Waals surface area contributed by atoms with Gasteiger partial charge in [-0.25, -0.2) is 4.98 Å². The molecule has 2 aromatic heterocycles. The van der Waals surface area contributed by atoms with E-state index in [1.807, 2.05) is 41.7 Å². The van der Waals surface area contributed by atoms with E-state index in [2.05, 4.69) is 144 Å². The van der Waals surface area contributed by atoms with Gasteiger partial charge in [0.05, 0.1) is 0 Å². The fraction of sp³-hybridized carbons (Fsp3) is 0. The lowest BCUT2D eigenvalue weighted by Crippen LogP contribution is -2.10. The fourth-order valence-electron chi connectivity index (χ4n) is 7.11. The predicted octanol–water partition coefficient (Wildman–Crippen LogP) is 13.3. The third-order valence-corrected chi connectivity index (χ3v) is 10.6. The van der Waals surface area contributed by atoms with Crippen LogP contribution in [0.15, 0.2) is 174 Å². The molecule has 4 heteroatoms. The van der Waals surface area contributed by atoms with E-state index in [0.29, 0.717) is 5.89 Å². The first-order chi connectivity index (χ1) is 24.3. The van der Waals surface area contributed by atoms with E-state index in [1.165, 1.54) is 31.3 Å². The van der Waals surface area contributed by atoms with Crippen LogP contribution in [0, 0.1) is 0 Å². The van der Waals surface area contributed by atoms with Crippen molar-refractivity contribution in [3.63, 3.8) is 0 Å². The van der Waals surface area contributed by atoms with Crippen molar-refractivity contribution in [2.45, 2.75) is 0 Å². The van der Waals surface area contributed by atoms with Gasteiger partial charge in [-0.3, -0.25) is 0 Å². The highest BCUT2D eigenvalue weighted by atomic mass is 32.1. The van der Waals surface area contributed by atoms with E-state index >= 15 is 0 Å². The zero-order chi connectivity index (χ0) is 32.3. The van der Waals surface area contributed by atoms with Crippen LogP contribution in [0.25, 0.3) is 75.4 Å². The third-order valence-electron chi connectivity index (χ3n) is 9.45. The van der Waals surface area contributed by atoms with Crippen molar-refractivity contribution in [1.29, 1.82) is 0 Å². The van der Waals surface area contributed by atoms with Gasteiger partial charge in [0, 0.05) is 48.2 Å². The van der Waals surface area contributed by atoms with Gasteiger partial charge in [-0.15, -0.1) is 11.3 Å². The highest BCUT2D eigenvalue weighted by Crippen LogP contribution is 2.43. The summed E-state index contributed by atoms with van der Waals surface area (Å²) in [6.07, 6.45) is 0. The van der Waals surface area contributed by atoms with Gasteiger partial charge in [0.25, 0.3) is 0 Å². The summed E-state index contributed by atoms with van der Waals surface area (Å²) >= 11 is 1.84. The van der Waals surface area contributed by atoms with Crippen molar-refractivity contribution in [2.75, 3.05) is 4.90 Å². The minimum atomic E-state index is 0.632. The van der Waals surface area contributed by atoms with Crippen molar-refractivity contribution >= 4 is 81.2 Å². The Morgan fingerprint density at radius 2 is 1.10 bits per heavy atom. The third kappa shape index (κ3) is 4.68. The van der Waals surface area contributed by atoms with E-state index in [-0.39, 0.29) is 0 Å². The average molecular weight is 645 g/mol. The molecule has 0 spiro atoms. The predicted molar refractivity (Wildman–Crippen MR) is 207 cm³/mol. The molecule has 0 aliphatic carbocycles. The number of hydrogen-bond donors (Lipinski definition) is 0. The lowest BCUT2D eigenvalue weighted by molar-refractivity contribution is 0.623. The topological polar surface area (TPSA) is 29.3 Å². The Kier molecular flexibility index (Phi) is 6.36. The Balaban J connectivity index is 1.21. The van der Waals surface area contributed by atoms with Crippen LogP contribution in [-0.2, 0) is 0 Å². The van der Waals surface area contributed by atoms with Gasteiger partial charge in [0.15, 0.2) is 5.58 Å². The number of oxazole rings is 1. The molecule has 0 bridgehead atoms. The molecule has 0 aliphatic heterocycles. The van der Waals surface area contributed by atoms with Gasteiger partial charge in [-0.2, -0.15) is 0 Å². The van der Waals surface area contributed by atoms with Gasteiger partial charge < -0.3 is 9.32 Å². The van der Waals surface area contributed by atoms with Gasteiger partial charge in [-0.05, 0) is 87.9 Å². The monoisotopic (exact) mass is 644 g/mol. The van der Waals surface area contributed by atoms with Crippen molar-refractivity contribution in [1.82, 2.24) is 4.98 Å². The zero-order valence-electron chi connectivity index (χ0n) is 26.4. The summed E-state index contributed by atoms with van der Waals surface area (Å²) in [6, 6.07) is 60.4. The number of aromatic nitrogens is 1. The zero-order valence-corrected chi connectivity index (χ0v) is 27.2. The van der Waals surface area contributed by atoms with Crippen LogP contribution < -0.4 is 4.90 Å². The number of anilines is 3. The maximum absolute atomic E-state index is 6.56. The van der Waals surface area contributed by atoms with Crippen LogP contribution in [-0.4, -0.2) is 4.98 Å².